The van der Waals surface area contributed by atoms with Crippen molar-refractivity contribution in [3.05, 3.63) is 47.4 Å². The Balaban J connectivity index is 1.51. The number of nitrogens with zero attached hydrogens (tertiary/aromatic N) is 6. The molecule has 0 saturated carbocycles. The molecule has 0 spiro atoms. The molecule has 0 amide bonds. The number of sulfonamides is 1. The molecule has 1 saturated heterocycles. The predicted octanol–water partition coefficient (Wildman–Crippen LogP) is 0.906. The summed E-state index contributed by atoms with van der Waals surface area (Å²) in [5.41, 5.74) is 0.681. The Labute approximate surface area is 171 Å². The molecule has 1 aromatic carbocycles. The van der Waals surface area contributed by atoms with Crippen LogP contribution in [0.4, 0.5) is 14.5 Å². The highest BCUT2D eigenvalue weighted by Gasteiger charge is 2.30. The Morgan fingerprint density at radius 2 is 1.83 bits per heavy atom. The van der Waals surface area contributed by atoms with E-state index in [0.717, 1.165) is 16.6 Å². The average Bonchev–Trinajstić information content (AvgIpc) is 3.17. The van der Waals surface area contributed by atoms with Gasteiger partial charge in [-0.05, 0) is 18.2 Å². The van der Waals surface area contributed by atoms with Crippen LogP contribution in [0.15, 0.2) is 46.9 Å². The van der Waals surface area contributed by atoms with Crippen molar-refractivity contribution in [1.82, 2.24) is 23.4 Å². The third kappa shape index (κ3) is 3.79. The first-order chi connectivity index (χ1) is 14.3. The van der Waals surface area contributed by atoms with Crippen molar-refractivity contribution < 1.29 is 17.2 Å². The fourth-order valence-corrected chi connectivity index (χ4v) is 4.85. The molecule has 1 fully saturated rings. The van der Waals surface area contributed by atoms with Gasteiger partial charge in [-0.25, -0.2) is 27.2 Å². The van der Waals surface area contributed by atoms with Crippen LogP contribution in [0.3, 0.4) is 0 Å². The van der Waals surface area contributed by atoms with Crippen LogP contribution < -0.4 is 10.5 Å². The van der Waals surface area contributed by atoms with Crippen molar-refractivity contribution in [3.8, 4) is 0 Å². The van der Waals surface area contributed by atoms with Gasteiger partial charge < -0.3 is 9.47 Å². The van der Waals surface area contributed by atoms with Crippen LogP contribution in [-0.2, 0) is 23.6 Å². The second-order valence-electron chi connectivity index (χ2n) is 7.06. The van der Waals surface area contributed by atoms with Crippen molar-refractivity contribution >= 4 is 26.6 Å². The normalized spacial score (nSPS) is 15.9. The molecule has 0 atom stereocenters. The van der Waals surface area contributed by atoms with Gasteiger partial charge in [0, 0.05) is 45.1 Å². The van der Waals surface area contributed by atoms with Crippen molar-refractivity contribution in [2.45, 2.75) is 18.0 Å². The summed E-state index contributed by atoms with van der Waals surface area (Å²) in [5.74, 6) is 0. The maximum atomic E-state index is 12.7. The second kappa shape index (κ2) is 7.76. The van der Waals surface area contributed by atoms with Crippen molar-refractivity contribution in [3.63, 3.8) is 0 Å². The predicted molar refractivity (Wildman–Crippen MR) is 106 cm³/mol. The maximum Gasteiger partial charge on any atom is 0.262 e. The third-order valence-electron chi connectivity index (χ3n) is 5.03. The summed E-state index contributed by atoms with van der Waals surface area (Å²) < 4.78 is 54.4. The van der Waals surface area contributed by atoms with Crippen molar-refractivity contribution in [1.29, 1.82) is 0 Å². The second-order valence-corrected chi connectivity index (χ2v) is 8.95. The van der Waals surface area contributed by atoms with E-state index in [1.165, 1.54) is 16.8 Å². The highest BCUT2D eigenvalue weighted by Crippen LogP contribution is 2.22. The van der Waals surface area contributed by atoms with Gasteiger partial charge in [0.1, 0.15) is 0 Å². The summed E-state index contributed by atoms with van der Waals surface area (Å²) in [6.07, 6.45) is 1.40. The quantitative estimate of drug-likeness (QED) is 0.588. The minimum Gasteiger partial charge on any atom is -0.369 e. The molecule has 0 unspecified atom stereocenters. The number of benzene rings is 1. The number of fused-ring (bicyclic) bond motifs is 1. The van der Waals surface area contributed by atoms with Gasteiger partial charge in [-0.2, -0.15) is 4.31 Å². The molecule has 3 heterocycles. The van der Waals surface area contributed by atoms with Gasteiger partial charge in [-0.15, -0.1) is 0 Å². The summed E-state index contributed by atoms with van der Waals surface area (Å²) in [5, 5.41) is 0.284. The van der Waals surface area contributed by atoms with Gasteiger partial charge >= 0.3 is 0 Å². The molecule has 1 aliphatic heterocycles. The number of hydrogen-bond acceptors (Lipinski definition) is 6. The lowest BCUT2D eigenvalue weighted by Crippen LogP contribution is -2.48. The molecule has 4 rings (SSSR count). The fourth-order valence-electron chi connectivity index (χ4n) is 3.46. The molecular formula is C18H20F2N6O3S. The molecule has 160 valence electrons. The molecular weight excluding hydrogens is 418 g/mol. The molecule has 30 heavy (non-hydrogen) atoms. The van der Waals surface area contributed by atoms with E-state index in [4.69, 9.17) is 0 Å². The number of aromatic nitrogens is 4. The minimum absolute atomic E-state index is 0.0217. The fraction of sp³-hybridized carbons (Fsp3) is 0.389. The largest absolute Gasteiger partial charge is 0.369 e. The summed E-state index contributed by atoms with van der Waals surface area (Å²) in [6, 6.07) is 5.01. The number of imidazole rings is 1. The van der Waals surface area contributed by atoms with Gasteiger partial charge in [-0.1, -0.05) is 0 Å². The Kier molecular flexibility index (Phi) is 5.28. The van der Waals surface area contributed by atoms with Crippen LogP contribution in [0, 0.1) is 0 Å². The van der Waals surface area contributed by atoms with Crippen LogP contribution in [0.2, 0.25) is 0 Å². The standard InChI is InChI=1S/C18H20F2N6O3S/c1-23-10-17(22-11-23)30(28,29)26-6-4-24(5-7-26)13-2-3-14-15(8-13)21-12-25(18(14)27)9-16(19)20/h2-3,8,10-12,16H,4-7,9H2,1H3. The summed E-state index contributed by atoms with van der Waals surface area (Å²) in [4.78, 5) is 22.4. The average molecular weight is 438 g/mol. The zero-order chi connectivity index (χ0) is 21.5. The minimum atomic E-state index is -3.64. The molecule has 0 N–H and O–H groups in total. The Morgan fingerprint density at radius 1 is 1.10 bits per heavy atom. The number of rotatable bonds is 5. The highest BCUT2D eigenvalue weighted by molar-refractivity contribution is 7.89. The van der Waals surface area contributed by atoms with E-state index < -0.39 is 28.6 Å². The summed E-state index contributed by atoms with van der Waals surface area (Å²) in [6.45, 7) is 0.803. The van der Waals surface area contributed by atoms with E-state index in [-0.39, 0.29) is 10.4 Å². The first-order valence-electron chi connectivity index (χ1n) is 9.26. The Bertz CT molecular complexity index is 1230. The Morgan fingerprint density at radius 3 is 2.47 bits per heavy atom. The van der Waals surface area contributed by atoms with Crippen LogP contribution >= 0.6 is 0 Å². The van der Waals surface area contributed by atoms with E-state index in [0.29, 0.717) is 31.7 Å². The van der Waals surface area contributed by atoms with Crippen molar-refractivity contribution in [2.75, 3.05) is 31.1 Å². The van der Waals surface area contributed by atoms with Crippen LogP contribution in [0.5, 0.6) is 0 Å². The molecule has 1 aliphatic rings. The zero-order valence-corrected chi connectivity index (χ0v) is 17.0. The number of anilines is 1. The first kappa shape index (κ1) is 20.4. The molecule has 12 heteroatoms. The van der Waals surface area contributed by atoms with Crippen LogP contribution in [-0.4, -0.2) is 64.4 Å². The van der Waals surface area contributed by atoms with Crippen LogP contribution in [0.25, 0.3) is 10.9 Å². The van der Waals surface area contributed by atoms with Crippen LogP contribution in [0.1, 0.15) is 0 Å². The number of piperazine rings is 1. The molecule has 0 aliphatic carbocycles. The zero-order valence-electron chi connectivity index (χ0n) is 16.1. The molecule has 9 nitrogen and oxygen atoms in total. The molecule has 0 bridgehead atoms. The summed E-state index contributed by atoms with van der Waals surface area (Å²) >= 11 is 0. The summed E-state index contributed by atoms with van der Waals surface area (Å²) in [7, 11) is -1.94. The van der Waals surface area contributed by atoms with Gasteiger partial charge in [-0.3, -0.25) is 9.36 Å². The van der Waals surface area contributed by atoms with Gasteiger partial charge in [0.2, 0.25) is 0 Å². The van der Waals surface area contributed by atoms with E-state index in [9.17, 15) is 22.0 Å². The molecule has 3 aromatic rings. The van der Waals surface area contributed by atoms with Gasteiger partial charge in [0.15, 0.2) is 5.03 Å². The topological polar surface area (TPSA) is 93.3 Å². The van der Waals surface area contributed by atoms with E-state index >= 15 is 0 Å². The van der Waals surface area contributed by atoms with Crippen molar-refractivity contribution in [2.24, 2.45) is 7.05 Å². The molecule has 2 aromatic heterocycles. The van der Waals surface area contributed by atoms with Gasteiger partial charge in [0.05, 0.1) is 30.1 Å². The molecule has 0 radical (unpaired) electrons. The monoisotopic (exact) mass is 438 g/mol. The van der Waals surface area contributed by atoms with E-state index in [1.807, 2.05) is 4.90 Å². The first-order valence-corrected chi connectivity index (χ1v) is 10.7. The van der Waals surface area contributed by atoms with Gasteiger partial charge in [0.25, 0.3) is 22.0 Å². The lowest BCUT2D eigenvalue weighted by molar-refractivity contribution is 0.125. The lowest BCUT2D eigenvalue weighted by atomic mass is 10.2. The highest BCUT2D eigenvalue weighted by atomic mass is 32.2. The number of alkyl halides is 2. The number of halogens is 2. The third-order valence-corrected chi connectivity index (χ3v) is 6.82. The maximum absolute atomic E-state index is 12.7. The number of hydrogen-bond donors (Lipinski definition) is 0. The smallest absolute Gasteiger partial charge is 0.262 e. The number of aryl methyl sites for hydroxylation is 1. The van der Waals surface area contributed by atoms with E-state index in [2.05, 4.69) is 9.97 Å². The van der Waals surface area contributed by atoms with E-state index in [1.54, 1.807) is 29.8 Å². The Hall–Kier alpha value is -2.86. The lowest BCUT2D eigenvalue weighted by Gasteiger charge is -2.35. The SMILES string of the molecule is Cn1cnc(S(=O)(=O)N2CCN(c3ccc4c(=O)n(CC(F)F)cnc4c3)CC2)c1.